The molecule has 0 aliphatic carbocycles. The highest BCUT2D eigenvalue weighted by molar-refractivity contribution is 5.79. The lowest BCUT2D eigenvalue weighted by molar-refractivity contribution is -0.119. The van der Waals surface area contributed by atoms with Gasteiger partial charge in [-0.25, -0.2) is 0 Å². The van der Waals surface area contributed by atoms with E-state index in [1.807, 2.05) is 0 Å². The van der Waals surface area contributed by atoms with Crippen LogP contribution in [0.3, 0.4) is 0 Å². The van der Waals surface area contributed by atoms with Crippen molar-refractivity contribution in [3.63, 3.8) is 0 Å². The maximum Gasteiger partial charge on any atom is 0.235 e. The molecule has 5 N–H and O–H groups in total. The van der Waals surface area contributed by atoms with Crippen LogP contribution in [0.15, 0.2) is 0 Å². The second-order valence-corrected chi connectivity index (χ2v) is 3.94. The summed E-state index contributed by atoms with van der Waals surface area (Å²) in [5.41, 5.74) is 10.6. The predicted molar refractivity (Wildman–Crippen MR) is 53.4 cm³/mol. The Morgan fingerprint density at radius 1 is 1.64 bits per heavy atom. The first-order chi connectivity index (χ1) is 6.63. The molecule has 5 heteroatoms. The zero-order valence-corrected chi connectivity index (χ0v) is 8.35. The summed E-state index contributed by atoms with van der Waals surface area (Å²) in [7, 11) is 0. The normalized spacial score (nSPS) is 25.1. The summed E-state index contributed by atoms with van der Waals surface area (Å²) < 4.78 is 0. The van der Waals surface area contributed by atoms with Crippen molar-refractivity contribution in [2.24, 2.45) is 17.4 Å². The van der Waals surface area contributed by atoms with Gasteiger partial charge in [0.15, 0.2) is 0 Å². The van der Waals surface area contributed by atoms with Crippen LogP contribution in [0.2, 0.25) is 0 Å². The number of primary amides is 1. The molecule has 1 heterocycles. The Kier molecular flexibility index (Phi) is 4.31. The van der Waals surface area contributed by atoms with Gasteiger partial charge < -0.3 is 21.5 Å². The van der Waals surface area contributed by atoms with Crippen LogP contribution in [0.25, 0.3) is 0 Å². The Hall–Kier alpha value is -0.650. The third-order valence-corrected chi connectivity index (χ3v) is 2.73. The van der Waals surface area contributed by atoms with Crippen LogP contribution < -0.4 is 11.5 Å². The summed E-state index contributed by atoms with van der Waals surface area (Å²) in [5.74, 6) is 0.0932. The van der Waals surface area contributed by atoms with Crippen LogP contribution in [-0.2, 0) is 4.79 Å². The van der Waals surface area contributed by atoms with Crippen molar-refractivity contribution in [2.45, 2.75) is 18.9 Å². The number of nitrogens with zero attached hydrogens (tertiary/aromatic N) is 1. The minimum absolute atomic E-state index is 0.236. The summed E-state index contributed by atoms with van der Waals surface area (Å²) in [6, 6.07) is -0.567. The van der Waals surface area contributed by atoms with Crippen LogP contribution >= 0.6 is 0 Å². The second kappa shape index (κ2) is 5.29. The molecular weight excluding hydrogens is 182 g/mol. The molecule has 0 spiro atoms. The zero-order chi connectivity index (χ0) is 10.6. The summed E-state index contributed by atoms with van der Waals surface area (Å²) in [6.45, 7) is 2.64. The summed E-state index contributed by atoms with van der Waals surface area (Å²) in [4.78, 5) is 12.9. The number of aliphatic hydroxyl groups is 1. The summed E-state index contributed by atoms with van der Waals surface area (Å²) in [5, 5.41) is 8.77. The van der Waals surface area contributed by atoms with Gasteiger partial charge in [-0.15, -0.1) is 0 Å². The van der Waals surface area contributed by atoms with Crippen molar-refractivity contribution < 1.29 is 9.90 Å². The SMILES string of the molecule is NC(=O)C(N)CN1CCC(CCO)C1. The number of carbonyl (C=O) groups is 1. The number of aliphatic hydroxyl groups excluding tert-OH is 1. The van der Waals surface area contributed by atoms with Crippen LogP contribution in [0.5, 0.6) is 0 Å². The molecule has 0 bridgehead atoms. The van der Waals surface area contributed by atoms with Gasteiger partial charge in [0.05, 0.1) is 6.04 Å². The maximum atomic E-state index is 10.7. The van der Waals surface area contributed by atoms with Gasteiger partial charge in [-0.2, -0.15) is 0 Å². The molecule has 0 aromatic rings. The standard InChI is InChI=1S/C9H19N3O2/c10-8(9(11)14)6-12-3-1-7(5-12)2-4-13/h7-8,13H,1-6,10H2,(H2,11,14). The number of hydrogen-bond acceptors (Lipinski definition) is 4. The van der Waals surface area contributed by atoms with Crippen LogP contribution in [0.1, 0.15) is 12.8 Å². The van der Waals surface area contributed by atoms with Gasteiger partial charge >= 0.3 is 0 Å². The van der Waals surface area contributed by atoms with Gasteiger partial charge in [0.2, 0.25) is 5.91 Å². The average Bonchev–Trinajstić information content (AvgIpc) is 2.53. The Labute approximate surface area is 84.0 Å². The van der Waals surface area contributed by atoms with E-state index in [4.69, 9.17) is 16.6 Å². The van der Waals surface area contributed by atoms with E-state index in [0.717, 1.165) is 25.9 Å². The molecule has 2 unspecified atom stereocenters. The molecule has 1 fully saturated rings. The highest BCUT2D eigenvalue weighted by Crippen LogP contribution is 2.18. The van der Waals surface area contributed by atoms with Crippen LogP contribution in [0, 0.1) is 5.92 Å². The van der Waals surface area contributed by atoms with Gasteiger partial charge in [0.1, 0.15) is 0 Å². The first kappa shape index (κ1) is 11.4. The van der Waals surface area contributed by atoms with Crippen molar-refractivity contribution >= 4 is 5.91 Å². The Morgan fingerprint density at radius 2 is 2.36 bits per heavy atom. The minimum Gasteiger partial charge on any atom is -0.396 e. The van der Waals surface area contributed by atoms with Crippen LogP contribution in [-0.4, -0.2) is 48.2 Å². The molecule has 0 radical (unpaired) electrons. The lowest BCUT2D eigenvalue weighted by Gasteiger charge is -2.18. The summed E-state index contributed by atoms with van der Waals surface area (Å²) in [6.07, 6.45) is 1.91. The molecule has 1 aliphatic heterocycles. The molecule has 0 aromatic carbocycles. The second-order valence-electron chi connectivity index (χ2n) is 3.94. The first-order valence-corrected chi connectivity index (χ1v) is 5.01. The number of amides is 1. The van der Waals surface area contributed by atoms with Crippen molar-refractivity contribution in [1.29, 1.82) is 0 Å². The predicted octanol–water partition coefficient (Wildman–Crippen LogP) is -1.50. The van der Waals surface area contributed by atoms with Gasteiger partial charge in [0, 0.05) is 19.7 Å². The van der Waals surface area contributed by atoms with E-state index in [9.17, 15) is 4.79 Å². The quantitative estimate of drug-likeness (QED) is 0.505. The highest BCUT2D eigenvalue weighted by Gasteiger charge is 2.24. The molecule has 1 saturated heterocycles. The molecule has 14 heavy (non-hydrogen) atoms. The molecule has 5 nitrogen and oxygen atoms in total. The van der Waals surface area contributed by atoms with E-state index >= 15 is 0 Å². The molecule has 0 aromatic heterocycles. The number of likely N-dealkylation sites (tertiary alicyclic amines) is 1. The molecule has 2 atom stereocenters. The average molecular weight is 201 g/mol. The van der Waals surface area contributed by atoms with E-state index < -0.39 is 11.9 Å². The van der Waals surface area contributed by atoms with Crippen molar-refractivity contribution in [3.8, 4) is 0 Å². The lowest BCUT2D eigenvalue weighted by atomic mass is 10.1. The smallest absolute Gasteiger partial charge is 0.235 e. The maximum absolute atomic E-state index is 10.7. The van der Waals surface area contributed by atoms with Gasteiger partial charge in [0.25, 0.3) is 0 Å². The van der Waals surface area contributed by atoms with E-state index in [1.165, 1.54) is 0 Å². The Bertz CT molecular complexity index is 198. The van der Waals surface area contributed by atoms with Crippen LogP contribution in [0.4, 0.5) is 0 Å². The fourth-order valence-corrected chi connectivity index (χ4v) is 1.87. The highest BCUT2D eigenvalue weighted by atomic mass is 16.3. The van der Waals surface area contributed by atoms with E-state index in [2.05, 4.69) is 4.90 Å². The molecule has 1 rings (SSSR count). The fourth-order valence-electron chi connectivity index (χ4n) is 1.87. The lowest BCUT2D eigenvalue weighted by Crippen LogP contribution is -2.45. The third kappa shape index (κ3) is 3.25. The number of carbonyl (C=O) groups excluding carboxylic acids is 1. The van der Waals surface area contributed by atoms with E-state index in [0.29, 0.717) is 12.5 Å². The molecule has 0 saturated carbocycles. The topological polar surface area (TPSA) is 92.6 Å². The molecular formula is C9H19N3O2. The van der Waals surface area contributed by atoms with Gasteiger partial charge in [-0.3, -0.25) is 4.79 Å². The van der Waals surface area contributed by atoms with Crippen molar-refractivity contribution in [2.75, 3.05) is 26.2 Å². The van der Waals surface area contributed by atoms with Crippen molar-refractivity contribution in [3.05, 3.63) is 0 Å². The molecule has 1 aliphatic rings. The largest absolute Gasteiger partial charge is 0.396 e. The Balaban J connectivity index is 2.25. The zero-order valence-electron chi connectivity index (χ0n) is 8.35. The number of rotatable bonds is 5. The molecule has 82 valence electrons. The summed E-state index contributed by atoms with van der Waals surface area (Å²) >= 11 is 0. The third-order valence-electron chi connectivity index (χ3n) is 2.73. The van der Waals surface area contributed by atoms with Gasteiger partial charge in [-0.05, 0) is 25.3 Å². The molecule has 1 amide bonds. The van der Waals surface area contributed by atoms with E-state index in [-0.39, 0.29) is 6.61 Å². The monoisotopic (exact) mass is 201 g/mol. The minimum atomic E-state index is -0.567. The first-order valence-electron chi connectivity index (χ1n) is 5.01. The Morgan fingerprint density at radius 3 is 2.93 bits per heavy atom. The number of nitrogens with two attached hydrogens (primary N) is 2. The number of hydrogen-bond donors (Lipinski definition) is 3. The van der Waals surface area contributed by atoms with E-state index in [1.54, 1.807) is 0 Å². The van der Waals surface area contributed by atoms with Crippen molar-refractivity contribution in [1.82, 2.24) is 4.90 Å². The van der Waals surface area contributed by atoms with Gasteiger partial charge in [-0.1, -0.05) is 0 Å². The fraction of sp³-hybridized carbons (Fsp3) is 0.889.